The van der Waals surface area contributed by atoms with Gasteiger partial charge >= 0.3 is 0 Å². The molecule has 0 saturated carbocycles. The van der Waals surface area contributed by atoms with Gasteiger partial charge < -0.3 is 5.11 Å². The van der Waals surface area contributed by atoms with Gasteiger partial charge in [0.05, 0.1) is 4.90 Å². The van der Waals surface area contributed by atoms with E-state index in [0.717, 1.165) is 0 Å². The van der Waals surface area contributed by atoms with Crippen LogP contribution in [0.25, 0.3) is 0 Å². The van der Waals surface area contributed by atoms with Crippen LogP contribution < -0.4 is 4.72 Å². The van der Waals surface area contributed by atoms with E-state index in [2.05, 4.69) is 4.72 Å². The van der Waals surface area contributed by atoms with Crippen molar-refractivity contribution < 1.29 is 13.5 Å². The Morgan fingerprint density at radius 2 is 1.94 bits per heavy atom. The average Bonchev–Trinajstić information content (AvgIpc) is 2.28. The largest absolute Gasteiger partial charge is 0.396 e. The molecular formula is C11H17NO3S. The van der Waals surface area contributed by atoms with Gasteiger partial charge in [-0.2, -0.15) is 0 Å². The van der Waals surface area contributed by atoms with Crippen molar-refractivity contribution in [1.29, 1.82) is 0 Å². The Kier molecular flexibility index (Phi) is 4.92. The smallest absolute Gasteiger partial charge is 0.240 e. The first-order valence-electron chi connectivity index (χ1n) is 5.22. The van der Waals surface area contributed by atoms with E-state index in [1.807, 2.05) is 6.92 Å². The highest BCUT2D eigenvalue weighted by molar-refractivity contribution is 7.89. The average molecular weight is 243 g/mol. The molecule has 0 amide bonds. The molecule has 0 aliphatic heterocycles. The predicted molar refractivity (Wildman–Crippen MR) is 62.5 cm³/mol. The molecule has 0 saturated heterocycles. The molecule has 16 heavy (non-hydrogen) atoms. The van der Waals surface area contributed by atoms with E-state index in [9.17, 15) is 8.42 Å². The number of aliphatic hydroxyl groups excluding tert-OH is 1. The van der Waals surface area contributed by atoms with Crippen LogP contribution >= 0.6 is 0 Å². The van der Waals surface area contributed by atoms with Gasteiger partial charge in [0.15, 0.2) is 0 Å². The Morgan fingerprint density at radius 1 is 1.31 bits per heavy atom. The molecule has 1 unspecified atom stereocenters. The molecule has 0 aliphatic carbocycles. The number of hydrogen-bond donors (Lipinski definition) is 2. The molecule has 2 N–H and O–H groups in total. The van der Waals surface area contributed by atoms with Gasteiger partial charge in [-0.05, 0) is 24.5 Å². The minimum Gasteiger partial charge on any atom is -0.396 e. The zero-order chi connectivity index (χ0) is 12.0. The Morgan fingerprint density at radius 3 is 2.50 bits per heavy atom. The van der Waals surface area contributed by atoms with Crippen LogP contribution in [0.3, 0.4) is 0 Å². The maximum Gasteiger partial charge on any atom is 0.240 e. The van der Waals surface area contributed by atoms with E-state index in [4.69, 9.17) is 5.11 Å². The van der Waals surface area contributed by atoms with Gasteiger partial charge in [-0.3, -0.25) is 0 Å². The van der Waals surface area contributed by atoms with Crippen LogP contribution in [0.5, 0.6) is 0 Å². The highest BCUT2D eigenvalue weighted by Gasteiger charge is 2.13. The van der Waals surface area contributed by atoms with Crippen molar-refractivity contribution >= 4 is 10.0 Å². The summed E-state index contributed by atoms with van der Waals surface area (Å²) in [6, 6.07) is 8.25. The Labute approximate surface area is 96.4 Å². The molecule has 0 bridgehead atoms. The van der Waals surface area contributed by atoms with Gasteiger partial charge in [-0.1, -0.05) is 25.1 Å². The minimum atomic E-state index is -3.41. The Bertz CT molecular complexity index is 402. The van der Waals surface area contributed by atoms with Crippen LogP contribution in [-0.4, -0.2) is 26.7 Å². The van der Waals surface area contributed by atoms with Gasteiger partial charge in [0.1, 0.15) is 0 Å². The second-order valence-electron chi connectivity index (χ2n) is 3.78. The first kappa shape index (κ1) is 13.2. The highest BCUT2D eigenvalue weighted by Crippen LogP contribution is 2.08. The molecule has 1 aromatic rings. The second-order valence-corrected chi connectivity index (χ2v) is 5.55. The number of hydrogen-bond acceptors (Lipinski definition) is 3. The number of aliphatic hydroxyl groups is 1. The summed E-state index contributed by atoms with van der Waals surface area (Å²) in [5.74, 6) is 0.128. The fraction of sp³-hybridized carbons (Fsp3) is 0.455. The first-order chi connectivity index (χ1) is 7.56. The van der Waals surface area contributed by atoms with Gasteiger partial charge in [0.2, 0.25) is 10.0 Å². The Hall–Kier alpha value is -0.910. The van der Waals surface area contributed by atoms with E-state index in [1.165, 1.54) is 0 Å². The molecule has 0 spiro atoms. The first-order valence-corrected chi connectivity index (χ1v) is 6.70. The molecule has 4 nitrogen and oxygen atoms in total. The molecule has 1 aromatic carbocycles. The molecular weight excluding hydrogens is 226 g/mol. The monoisotopic (exact) mass is 243 g/mol. The van der Waals surface area contributed by atoms with Crippen LogP contribution in [0.1, 0.15) is 13.3 Å². The summed E-state index contributed by atoms with van der Waals surface area (Å²) in [6.07, 6.45) is 0.595. The zero-order valence-corrected chi connectivity index (χ0v) is 10.1. The van der Waals surface area contributed by atoms with E-state index >= 15 is 0 Å². The van der Waals surface area contributed by atoms with Crippen molar-refractivity contribution in [3.8, 4) is 0 Å². The topological polar surface area (TPSA) is 66.4 Å². The highest BCUT2D eigenvalue weighted by atomic mass is 32.2. The van der Waals surface area contributed by atoms with Crippen LogP contribution in [-0.2, 0) is 10.0 Å². The molecule has 5 heteroatoms. The molecule has 1 atom stereocenters. The van der Waals surface area contributed by atoms with E-state index in [-0.39, 0.29) is 17.4 Å². The van der Waals surface area contributed by atoms with E-state index < -0.39 is 10.0 Å². The van der Waals surface area contributed by atoms with Crippen molar-refractivity contribution in [3.05, 3.63) is 30.3 Å². The third kappa shape index (κ3) is 3.92. The van der Waals surface area contributed by atoms with Crippen molar-refractivity contribution in [2.45, 2.75) is 18.2 Å². The molecule has 0 aliphatic rings. The lowest BCUT2D eigenvalue weighted by Crippen LogP contribution is -2.28. The van der Waals surface area contributed by atoms with Gasteiger partial charge in [-0.15, -0.1) is 0 Å². The van der Waals surface area contributed by atoms with Crippen LogP contribution in [0, 0.1) is 5.92 Å². The molecule has 90 valence electrons. The predicted octanol–water partition coefficient (Wildman–Crippen LogP) is 0.983. The third-order valence-electron chi connectivity index (χ3n) is 2.30. The lowest BCUT2D eigenvalue weighted by molar-refractivity contribution is 0.263. The van der Waals surface area contributed by atoms with E-state index in [0.29, 0.717) is 13.0 Å². The van der Waals surface area contributed by atoms with Crippen LogP contribution in [0.4, 0.5) is 0 Å². The lowest BCUT2D eigenvalue weighted by atomic mass is 10.1. The van der Waals surface area contributed by atoms with Crippen molar-refractivity contribution in [3.63, 3.8) is 0 Å². The standard InChI is InChI=1S/C11H17NO3S/c1-10(7-8-13)9-12-16(14,15)11-5-3-2-4-6-11/h2-6,10,12-13H,7-9H2,1H3. The normalized spacial score (nSPS) is 13.6. The van der Waals surface area contributed by atoms with Gasteiger partial charge in [-0.25, -0.2) is 13.1 Å². The molecule has 0 heterocycles. The number of benzene rings is 1. The summed E-state index contributed by atoms with van der Waals surface area (Å²) in [5.41, 5.74) is 0. The van der Waals surface area contributed by atoms with Crippen LogP contribution in [0.2, 0.25) is 0 Å². The quantitative estimate of drug-likeness (QED) is 0.783. The summed E-state index contributed by atoms with van der Waals surface area (Å²) in [4.78, 5) is 0.270. The maximum absolute atomic E-state index is 11.8. The molecule has 0 radical (unpaired) electrons. The number of nitrogens with one attached hydrogen (secondary N) is 1. The summed E-state index contributed by atoms with van der Waals surface area (Å²) in [6.45, 7) is 2.32. The molecule has 0 aromatic heterocycles. The van der Waals surface area contributed by atoms with Crippen molar-refractivity contribution in [1.82, 2.24) is 4.72 Å². The number of sulfonamides is 1. The SMILES string of the molecule is CC(CCO)CNS(=O)(=O)c1ccccc1. The lowest BCUT2D eigenvalue weighted by Gasteiger charge is -2.11. The summed E-state index contributed by atoms with van der Waals surface area (Å²) in [5, 5.41) is 8.71. The van der Waals surface area contributed by atoms with E-state index in [1.54, 1.807) is 30.3 Å². The Balaban J connectivity index is 2.60. The fourth-order valence-electron chi connectivity index (χ4n) is 1.26. The van der Waals surface area contributed by atoms with Crippen molar-refractivity contribution in [2.24, 2.45) is 5.92 Å². The number of rotatable bonds is 6. The summed E-state index contributed by atoms with van der Waals surface area (Å²) >= 11 is 0. The van der Waals surface area contributed by atoms with Crippen molar-refractivity contribution in [2.75, 3.05) is 13.2 Å². The third-order valence-corrected chi connectivity index (χ3v) is 3.74. The molecule has 1 rings (SSSR count). The minimum absolute atomic E-state index is 0.0776. The molecule has 0 fully saturated rings. The maximum atomic E-state index is 11.8. The van der Waals surface area contributed by atoms with Crippen LogP contribution in [0.15, 0.2) is 35.2 Å². The fourth-order valence-corrected chi connectivity index (χ4v) is 2.44. The second kappa shape index (κ2) is 5.98. The zero-order valence-electron chi connectivity index (χ0n) is 9.26. The van der Waals surface area contributed by atoms with Gasteiger partial charge in [0.25, 0.3) is 0 Å². The van der Waals surface area contributed by atoms with Gasteiger partial charge in [0, 0.05) is 13.2 Å². The summed E-state index contributed by atoms with van der Waals surface area (Å²) < 4.78 is 26.1. The summed E-state index contributed by atoms with van der Waals surface area (Å²) in [7, 11) is -3.41.